The van der Waals surface area contributed by atoms with Gasteiger partial charge >= 0.3 is 5.97 Å². The van der Waals surface area contributed by atoms with Crippen LogP contribution in [0.4, 0.5) is 0 Å². The predicted molar refractivity (Wildman–Crippen MR) is 103 cm³/mol. The van der Waals surface area contributed by atoms with Gasteiger partial charge in [-0.3, -0.25) is 4.79 Å². The van der Waals surface area contributed by atoms with Gasteiger partial charge in [0.05, 0.1) is 12.4 Å². The topological polar surface area (TPSA) is 77.2 Å². The molecule has 0 bridgehead atoms. The second kappa shape index (κ2) is 9.62. The number of carbonyl (C=O) groups is 1. The number of aryl methyl sites for hydroxylation is 2. The number of thioether (sulfide) groups is 1. The van der Waals surface area contributed by atoms with E-state index in [9.17, 15) is 4.79 Å². The third-order valence-corrected chi connectivity index (χ3v) is 5.06. The van der Waals surface area contributed by atoms with Crippen LogP contribution in [-0.4, -0.2) is 38.2 Å². The third-order valence-electron chi connectivity index (χ3n) is 4.11. The number of ether oxygens (including phenoxy) is 1. The van der Waals surface area contributed by atoms with Crippen molar-refractivity contribution in [3.8, 4) is 5.75 Å². The Morgan fingerprint density at radius 2 is 2.12 bits per heavy atom. The van der Waals surface area contributed by atoms with Crippen molar-refractivity contribution < 1.29 is 14.6 Å². The van der Waals surface area contributed by atoms with Crippen LogP contribution in [0.15, 0.2) is 23.4 Å². The normalized spacial score (nSPS) is 11.1. The second-order valence-electron chi connectivity index (χ2n) is 6.45. The third kappa shape index (κ3) is 5.49. The molecule has 6 nitrogen and oxygen atoms in total. The first kappa shape index (κ1) is 20.3. The van der Waals surface area contributed by atoms with E-state index >= 15 is 0 Å². The fourth-order valence-corrected chi connectivity index (χ4v) is 3.60. The summed E-state index contributed by atoms with van der Waals surface area (Å²) < 4.78 is 7.83. The molecule has 1 heterocycles. The van der Waals surface area contributed by atoms with E-state index in [0.29, 0.717) is 17.7 Å². The van der Waals surface area contributed by atoms with Crippen molar-refractivity contribution in [3.05, 3.63) is 35.2 Å². The Morgan fingerprint density at radius 1 is 1.35 bits per heavy atom. The molecule has 2 rings (SSSR count). The molecule has 1 aromatic carbocycles. The van der Waals surface area contributed by atoms with Crippen molar-refractivity contribution in [2.24, 2.45) is 0 Å². The number of hydrogen-bond donors (Lipinski definition) is 1. The lowest BCUT2D eigenvalue weighted by molar-refractivity contribution is -0.133. The Bertz CT molecular complexity index is 744. The van der Waals surface area contributed by atoms with Crippen LogP contribution >= 0.6 is 11.8 Å². The van der Waals surface area contributed by atoms with Crippen molar-refractivity contribution in [1.29, 1.82) is 0 Å². The molecule has 1 N–H and O–H groups in total. The van der Waals surface area contributed by atoms with Gasteiger partial charge in [0.2, 0.25) is 0 Å². The molecule has 0 amide bonds. The number of rotatable bonds is 10. The van der Waals surface area contributed by atoms with Gasteiger partial charge in [-0.1, -0.05) is 31.7 Å². The minimum Gasteiger partial charge on any atom is -0.494 e. The first-order chi connectivity index (χ1) is 12.4. The monoisotopic (exact) mass is 377 g/mol. The molecule has 0 radical (unpaired) electrons. The van der Waals surface area contributed by atoms with Gasteiger partial charge in [-0.2, -0.15) is 0 Å². The molecule has 0 fully saturated rings. The molecular formula is C19H27N3O3S. The molecule has 0 saturated heterocycles. The molecule has 0 spiro atoms. The number of carboxylic acid groups (broad SMARTS) is 1. The maximum atomic E-state index is 10.7. The van der Waals surface area contributed by atoms with E-state index < -0.39 is 5.97 Å². The standard InChI is InChI=1S/C19H27N3O3S/c1-5-22-17(20-21-19(22)26-12-18(23)24)7-6-10-25-15-8-9-16(13(2)3)14(4)11-15/h8-9,11,13H,5-7,10,12H2,1-4H3,(H,23,24). The number of hydrogen-bond acceptors (Lipinski definition) is 5. The lowest BCUT2D eigenvalue weighted by Gasteiger charge is -2.12. The van der Waals surface area contributed by atoms with Crippen LogP contribution in [0.5, 0.6) is 5.75 Å². The molecule has 0 atom stereocenters. The number of benzene rings is 1. The predicted octanol–water partition coefficient (Wildman–Crippen LogP) is 3.92. The summed E-state index contributed by atoms with van der Waals surface area (Å²) in [5, 5.41) is 17.8. The van der Waals surface area contributed by atoms with E-state index in [-0.39, 0.29) is 5.75 Å². The number of aliphatic carboxylic acids is 1. The van der Waals surface area contributed by atoms with Gasteiger partial charge in [0.1, 0.15) is 11.6 Å². The van der Waals surface area contributed by atoms with Crippen molar-refractivity contribution in [3.63, 3.8) is 0 Å². The summed E-state index contributed by atoms with van der Waals surface area (Å²) in [6.45, 7) is 9.83. The van der Waals surface area contributed by atoms with Crippen LogP contribution in [0.25, 0.3) is 0 Å². The van der Waals surface area contributed by atoms with E-state index in [1.807, 2.05) is 17.6 Å². The minimum atomic E-state index is -0.852. The summed E-state index contributed by atoms with van der Waals surface area (Å²) in [6, 6.07) is 6.25. The van der Waals surface area contributed by atoms with Crippen LogP contribution in [0.3, 0.4) is 0 Å². The summed E-state index contributed by atoms with van der Waals surface area (Å²) in [4.78, 5) is 10.7. The SMILES string of the molecule is CCn1c(CCCOc2ccc(C(C)C)c(C)c2)nnc1SCC(=O)O. The highest BCUT2D eigenvalue weighted by molar-refractivity contribution is 7.99. The maximum absolute atomic E-state index is 10.7. The average Bonchev–Trinajstić information content (AvgIpc) is 2.98. The smallest absolute Gasteiger partial charge is 0.313 e. The zero-order chi connectivity index (χ0) is 19.1. The molecular weight excluding hydrogens is 350 g/mol. The number of nitrogens with zero attached hydrogens (tertiary/aromatic N) is 3. The number of carboxylic acids is 1. The summed E-state index contributed by atoms with van der Waals surface area (Å²) >= 11 is 1.20. The Morgan fingerprint density at radius 3 is 2.73 bits per heavy atom. The highest BCUT2D eigenvalue weighted by atomic mass is 32.2. The molecule has 2 aromatic rings. The van der Waals surface area contributed by atoms with Gasteiger partial charge in [0.25, 0.3) is 0 Å². The van der Waals surface area contributed by atoms with E-state index in [4.69, 9.17) is 9.84 Å². The van der Waals surface area contributed by atoms with E-state index in [1.165, 1.54) is 22.9 Å². The Balaban J connectivity index is 1.86. The summed E-state index contributed by atoms with van der Waals surface area (Å²) in [5.41, 5.74) is 2.60. The molecule has 0 aliphatic heterocycles. The van der Waals surface area contributed by atoms with Crippen LogP contribution in [-0.2, 0) is 17.8 Å². The lowest BCUT2D eigenvalue weighted by Crippen LogP contribution is -2.07. The molecule has 0 saturated carbocycles. The lowest BCUT2D eigenvalue weighted by atomic mass is 9.98. The summed E-state index contributed by atoms with van der Waals surface area (Å²) in [6.07, 6.45) is 1.57. The average molecular weight is 378 g/mol. The highest BCUT2D eigenvalue weighted by Crippen LogP contribution is 2.23. The van der Waals surface area contributed by atoms with Gasteiger partial charge in [-0.05, 0) is 49.4 Å². The van der Waals surface area contributed by atoms with Crippen LogP contribution in [0.1, 0.15) is 50.1 Å². The number of aromatic nitrogens is 3. The Kier molecular flexibility index (Phi) is 7.50. The molecule has 0 aliphatic carbocycles. The molecule has 26 heavy (non-hydrogen) atoms. The molecule has 142 valence electrons. The van der Waals surface area contributed by atoms with Gasteiger partial charge in [-0.15, -0.1) is 10.2 Å². The zero-order valence-electron chi connectivity index (χ0n) is 15.9. The summed E-state index contributed by atoms with van der Waals surface area (Å²) in [5.74, 6) is 1.41. The molecule has 0 unspecified atom stereocenters. The van der Waals surface area contributed by atoms with Crippen LogP contribution in [0, 0.1) is 6.92 Å². The van der Waals surface area contributed by atoms with Crippen molar-refractivity contribution >= 4 is 17.7 Å². The second-order valence-corrected chi connectivity index (χ2v) is 7.39. The van der Waals surface area contributed by atoms with Crippen molar-refractivity contribution in [2.45, 2.75) is 58.2 Å². The summed E-state index contributed by atoms with van der Waals surface area (Å²) in [7, 11) is 0. The largest absolute Gasteiger partial charge is 0.494 e. The highest BCUT2D eigenvalue weighted by Gasteiger charge is 2.12. The van der Waals surface area contributed by atoms with E-state index in [0.717, 1.165) is 31.0 Å². The first-order valence-electron chi connectivity index (χ1n) is 8.92. The quantitative estimate of drug-likeness (QED) is 0.499. The minimum absolute atomic E-state index is 0.00698. The zero-order valence-corrected chi connectivity index (χ0v) is 16.7. The fraction of sp³-hybridized carbons (Fsp3) is 0.526. The van der Waals surface area contributed by atoms with E-state index in [2.05, 4.69) is 43.1 Å². The van der Waals surface area contributed by atoms with Crippen molar-refractivity contribution in [1.82, 2.24) is 14.8 Å². The first-order valence-corrected chi connectivity index (χ1v) is 9.91. The molecule has 7 heteroatoms. The van der Waals surface area contributed by atoms with Gasteiger partial charge in [-0.25, -0.2) is 0 Å². The van der Waals surface area contributed by atoms with Gasteiger partial charge in [0, 0.05) is 13.0 Å². The van der Waals surface area contributed by atoms with Crippen LogP contribution in [0.2, 0.25) is 0 Å². The van der Waals surface area contributed by atoms with Gasteiger partial charge in [0.15, 0.2) is 5.16 Å². The molecule has 1 aromatic heterocycles. The van der Waals surface area contributed by atoms with Crippen LogP contribution < -0.4 is 4.74 Å². The Labute approximate surface area is 159 Å². The van der Waals surface area contributed by atoms with E-state index in [1.54, 1.807) is 0 Å². The van der Waals surface area contributed by atoms with Crippen molar-refractivity contribution in [2.75, 3.05) is 12.4 Å². The van der Waals surface area contributed by atoms with Gasteiger partial charge < -0.3 is 14.4 Å². The Hall–Kier alpha value is -2.02. The fourth-order valence-electron chi connectivity index (χ4n) is 2.86. The molecule has 0 aliphatic rings. The maximum Gasteiger partial charge on any atom is 0.313 e.